The minimum Gasteiger partial charge on any atom is -0.390 e. The predicted octanol–water partition coefficient (Wildman–Crippen LogP) is 6.04. The fourth-order valence-electron chi connectivity index (χ4n) is 14.1. The van der Waals surface area contributed by atoms with Gasteiger partial charge < -0.3 is 29.1 Å². The first-order valence-electron chi connectivity index (χ1n) is 19.8. The van der Waals surface area contributed by atoms with Gasteiger partial charge in [0.25, 0.3) is 0 Å². The molecule has 0 aromatic rings. The van der Waals surface area contributed by atoms with Gasteiger partial charge in [0.15, 0.2) is 6.29 Å². The summed E-state index contributed by atoms with van der Waals surface area (Å²) < 4.78 is 19.9. The average Bonchev–Trinajstić information content (AvgIpc) is 3.96. The normalized spacial score (nSPS) is 50.3. The van der Waals surface area contributed by atoms with Gasteiger partial charge >= 0.3 is 0 Å². The Hall–Kier alpha value is -1.22. The van der Waals surface area contributed by atoms with Crippen LogP contribution in [0.3, 0.4) is 0 Å². The van der Waals surface area contributed by atoms with Crippen LogP contribution in [-0.4, -0.2) is 91.2 Å². The van der Waals surface area contributed by atoms with Crippen molar-refractivity contribution in [3.63, 3.8) is 0 Å². The minimum absolute atomic E-state index is 0.0230. The molecule has 2 heterocycles. The van der Waals surface area contributed by atoms with E-state index in [-0.39, 0.29) is 52.7 Å². The maximum absolute atomic E-state index is 12.9. The molecule has 2 amide bonds. The molecule has 0 aromatic carbocycles. The number of ether oxygens (including phenoxy) is 3. The predicted molar refractivity (Wildman–Crippen MR) is 183 cm³/mol. The first-order valence-corrected chi connectivity index (χ1v) is 19.8. The molecular formula is C40H64N2O6. The van der Waals surface area contributed by atoms with Crippen LogP contribution >= 0.6 is 0 Å². The number of aliphatic hydroxyl groups excluding tert-OH is 1. The van der Waals surface area contributed by atoms with Gasteiger partial charge in [0.2, 0.25) is 11.8 Å². The number of morpholine rings is 1. The number of aliphatic hydroxyl groups is 1. The molecule has 13 atom stereocenters. The Morgan fingerprint density at radius 2 is 1.71 bits per heavy atom. The van der Waals surface area contributed by atoms with Gasteiger partial charge in [0.1, 0.15) is 0 Å². The molecule has 8 fully saturated rings. The molecule has 6 saturated carbocycles. The van der Waals surface area contributed by atoms with Gasteiger partial charge in [-0.05, 0) is 122 Å². The Morgan fingerprint density at radius 1 is 0.979 bits per heavy atom. The zero-order chi connectivity index (χ0) is 34.0. The second kappa shape index (κ2) is 11.4. The average molecular weight is 669 g/mol. The molecule has 4 unspecified atom stereocenters. The van der Waals surface area contributed by atoms with Gasteiger partial charge in [0, 0.05) is 38.9 Å². The van der Waals surface area contributed by atoms with Crippen LogP contribution < -0.4 is 0 Å². The Kier molecular flexibility index (Phi) is 8.04. The molecule has 8 nitrogen and oxygen atoms in total. The van der Waals surface area contributed by atoms with Crippen LogP contribution in [-0.2, 0) is 23.8 Å². The first kappa shape index (κ1) is 33.9. The summed E-state index contributed by atoms with van der Waals surface area (Å²) in [6.07, 6.45) is 12.9. The van der Waals surface area contributed by atoms with Crippen molar-refractivity contribution < 1.29 is 28.9 Å². The Labute approximate surface area is 289 Å². The van der Waals surface area contributed by atoms with E-state index in [0.717, 1.165) is 19.3 Å². The number of carbonyl (C=O) groups is 2. The van der Waals surface area contributed by atoms with Gasteiger partial charge in [-0.2, -0.15) is 0 Å². The van der Waals surface area contributed by atoms with Crippen LogP contribution in [0.15, 0.2) is 0 Å². The number of amides is 2. The highest BCUT2D eigenvalue weighted by molar-refractivity contribution is 5.77. The third-order valence-corrected chi connectivity index (χ3v) is 16.9. The number of nitrogens with zero attached hydrogens (tertiary/aromatic N) is 2. The fourth-order valence-corrected chi connectivity index (χ4v) is 14.1. The van der Waals surface area contributed by atoms with Crippen molar-refractivity contribution in [3.8, 4) is 0 Å². The largest absolute Gasteiger partial charge is 0.390 e. The molecule has 2 saturated heterocycles. The maximum Gasteiger partial charge on any atom is 0.223 e. The third kappa shape index (κ3) is 4.72. The number of rotatable bonds is 7. The van der Waals surface area contributed by atoms with E-state index in [9.17, 15) is 14.7 Å². The Bertz CT molecular complexity index is 1300. The van der Waals surface area contributed by atoms with Crippen molar-refractivity contribution in [2.45, 2.75) is 149 Å². The molecule has 8 heteroatoms. The van der Waals surface area contributed by atoms with Crippen LogP contribution in [0.25, 0.3) is 0 Å². The van der Waals surface area contributed by atoms with Gasteiger partial charge in [-0.15, -0.1) is 0 Å². The fraction of sp³-hybridized carbons (Fsp3) is 0.950. The van der Waals surface area contributed by atoms with Crippen molar-refractivity contribution in [2.24, 2.45) is 56.7 Å². The second-order valence-corrected chi connectivity index (χ2v) is 19.4. The summed E-state index contributed by atoms with van der Waals surface area (Å²) in [5, 5.41) is 12.5. The summed E-state index contributed by atoms with van der Waals surface area (Å²) >= 11 is 0. The van der Waals surface area contributed by atoms with E-state index in [1.807, 2.05) is 19.0 Å². The molecule has 6 aliphatic carbocycles. The molecule has 2 spiro atoms. The van der Waals surface area contributed by atoms with Crippen molar-refractivity contribution in [3.05, 3.63) is 0 Å². The quantitative estimate of drug-likeness (QED) is 0.356. The molecule has 48 heavy (non-hydrogen) atoms. The maximum atomic E-state index is 12.9. The highest BCUT2D eigenvalue weighted by atomic mass is 16.7. The van der Waals surface area contributed by atoms with Crippen LogP contribution in [0.4, 0.5) is 0 Å². The lowest BCUT2D eigenvalue weighted by Crippen LogP contribution is -2.60. The first-order chi connectivity index (χ1) is 22.7. The standard InChI is InChI=1S/C40H64N2O6/c1-24-20-26(10-13-30(43)41(6)7)47-34-33(24)37(4)16-17-40-23-39(40)15-14-29(36(2,3)27(39)11-12-28(40)38(37,5)35(34)45)48-32-22-42(18-19-46-32)31(44)21-25-8-9-25/h24-29,32-35,45H,8-23H2,1-7H3/t24-,26+,27+,28+,29?,32?,33?,34+,35+,37-,38-,39?,40+/m1/s1. The number of hydrogen-bond donors (Lipinski definition) is 1. The molecule has 1 N–H and O–H groups in total. The Balaban J connectivity index is 0.981. The summed E-state index contributed by atoms with van der Waals surface area (Å²) in [7, 11) is 3.65. The smallest absolute Gasteiger partial charge is 0.223 e. The second-order valence-electron chi connectivity index (χ2n) is 19.4. The molecule has 8 rings (SSSR count). The Morgan fingerprint density at radius 3 is 2.44 bits per heavy atom. The van der Waals surface area contributed by atoms with Crippen LogP contribution in [0.5, 0.6) is 0 Å². The molecule has 0 aromatic heterocycles. The van der Waals surface area contributed by atoms with Gasteiger partial charge in [-0.3, -0.25) is 9.59 Å². The van der Waals surface area contributed by atoms with Crippen molar-refractivity contribution in [2.75, 3.05) is 33.8 Å². The topological polar surface area (TPSA) is 88.5 Å². The summed E-state index contributed by atoms with van der Waals surface area (Å²) in [5.74, 6) is 2.95. The molecule has 2 aliphatic heterocycles. The highest BCUT2D eigenvalue weighted by Crippen LogP contribution is 2.89. The third-order valence-electron chi connectivity index (χ3n) is 16.9. The van der Waals surface area contributed by atoms with E-state index in [2.05, 4.69) is 34.6 Å². The van der Waals surface area contributed by atoms with E-state index in [1.165, 1.54) is 51.4 Å². The summed E-state index contributed by atoms with van der Waals surface area (Å²) in [6.45, 7) is 14.1. The van der Waals surface area contributed by atoms with E-state index < -0.39 is 6.10 Å². The minimum atomic E-state index is -0.472. The van der Waals surface area contributed by atoms with Gasteiger partial charge in [-0.25, -0.2) is 0 Å². The van der Waals surface area contributed by atoms with E-state index >= 15 is 0 Å². The lowest BCUT2D eigenvalue weighted by Gasteiger charge is -2.64. The van der Waals surface area contributed by atoms with Crippen molar-refractivity contribution >= 4 is 11.8 Å². The number of carbonyl (C=O) groups excluding carboxylic acids is 2. The van der Waals surface area contributed by atoms with E-state index in [1.54, 1.807) is 4.90 Å². The van der Waals surface area contributed by atoms with Crippen molar-refractivity contribution in [1.82, 2.24) is 9.80 Å². The van der Waals surface area contributed by atoms with Gasteiger partial charge in [-0.1, -0.05) is 34.6 Å². The number of fused-ring (bicyclic) bond motifs is 4. The highest BCUT2D eigenvalue weighted by Gasteiger charge is 2.84. The zero-order valence-corrected chi connectivity index (χ0v) is 31.0. The van der Waals surface area contributed by atoms with E-state index in [4.69, 9.17) is 14.2 Å². The van der Waals surface area contributed by atoms with Crippen LogP contribution in [0.1, 0.15) is 118 Å². The number of hydrogen-bond acceptors (Lipinski definition) is 6. The van der Waals surface area contributed by atoms with E-state index in [0.29, 0.717) is 73.0 Å². The van der Waals surface area contributed by atoms with Crippen molar-refractivity contribution in [1.29, 1.82) is 0 Å². The molecular weight excluding hydrogens is 604 g/mol. The summed E-state index contributed by atoms with van der Waals surface area (Å²) in [4.78, 5) is 29.0. The molecule has 0 bridgehead atoms. The SMILES string of the molecule is C[C@@H]1C[C@H](CCC(=O)N(C)C)O[C@H]2C1[C@@]1(C)CC[C@@]34CC35CCC(OC3CN(C(=O)CC6CC6)CCO3)C(C)(C)[C@@H]5CC[C@H]4[C@]1(C)[C@H]2O. The lowest BCUT2D eigenvalue weighted by atomic mass is 9.41. The molecule has 270 valence electrons. The van der Waals surface area contributed by atoms with Crippen LogP contribution in [0, 0.1) is 56.7 Å². The van der Waals surface area contributed by atoms with Crippen LogP contribution in [0.2, 0.25) is 0 Å². The van der Waals surface area contributed by atoms with Gasteiger partial charge in [0.05, 0.1) is 37.6 Å². The summed E-state index contributed by atoms with van der Waals surface area (Å²) in [6, 6.07) is 0. The lowest BCUT2D eigenvalue weighted by molar-refractivity contribution is -0.248. The molecule has 8 aliphatic rings. The monoisotopic (exact) mass is 668 g/mol. The molecule has 0 radical (unpaired) electrons. The summed E-state index contributed by atoms with van der Waals surface area (Å²) in [5.41, 5.74) is 0.522. The zero-order valence-electron chi connectivity index (χ0n) is 31.0.